The van der Waals surface area contributed by atoms with E-state index in [1.54, 1.807) is 0 Å². The zero-order chi connectivity index (χ0) is 15.1. The van der Waals surface area contributed by atoms with Crippen molar-refractivity contribution in [1.82, 2.24) is 0 Å². The Balaban J connectivity index is 0.00000154. The van der Waals surface area contributed by atoms with E-state index in [-0.39, 0.29) is 11.8 Å². The molecule has 5 unspecified atom stereocenters. The Hall–Kier alpha value is 0.290. The molecular weight excluding hydrogens is 261 g/mol. The van der Waals surface area contributed by atoms with Crippen LogP contribution in [0.25, 0.3) is 0 Å². The molecule has 1 aliphatic rings. The lowest BCUT2D eigenvalue weighted by molar-refractivity contribution is 0.0525. The zero-order valence-corrected chi connectivity index (χ0v) is 14.5. The molecule has 0 aromatic carbocycles. The monoisotopic (exact) mass is 294 g/mol. The predicted molar refractivity (Wildman–Crippen MR) is 85.3 cm³/mol. The largest absolute Gasteiger partial charge is 0.247 e. The van der Waals surface area contributed by atoms with Crippen molar-refractivity contribution in [2.75, 3.05) is 0 Å². The highest BCUT2D eigenvalue weighted by Gasteiger charge is 2.41. The van der Waals surface area contributed by atoms with E-state index in [0.29, 0.717) is 24.4 Å². The summed E-state index contributed by atoms with van der Waals surface area (Å²) in [7, 11) is 2.85. The summed E-state index contributed by atoms with van der Waals surface area (Å²) in [6, 6.07) is 0. The highest BCUT2D eigenvalue weighted by molar-refractivity contribution is 7.17. The second-order valence-corrected chi connectivity index (χ2v) is 7.03. The average Bonchev–Trinajstić information content (AvgIpc) is 2.29. The van der Waals surface area contributed by atoms with Crippen molar-refractivity contribution in [1.29, 1.82) is 0 Å². The van der Waals surface area contributed by atoms with Gasteiger partial charge in [0.15, 0.2) is 0 Å². The Bertz CT molecular complexity index is 223. The second kappa shape index (κ2) is 9.27. The normalized spacial score (nSPS) is 34.1. The average molecular weight is 294 g/mol. The second-order valence-electron chi connectivity index (χ2n) is 6.23. The third-order valence-corrected chi connectivity index (χ3v) is 5.30. The molecule has 0 aromatic rings. The Morgan fingerprint density at radius 3 is 2.11 bits per heavy atom. The fourth-order valence-electron chi connectivity index (χ4n) is 3.17. The Labute approximate surface area is 121 Å². The van der Waals surface area contributed by atoms with Gasteiger partial charge in [-0.05, 0) is 36.3 Å². The number of halogens is 2. The fourth-order valence-corrected chi connectivity index (χ4v) is 3.91. The summed E-state index contributed by atoms with van der Waals surface area (Å²) in [5.41, 5.74) is 0.157. The summed E-state index contributed by atoms with van der Waals surface area (Å²) in [5.74, 6) is 0.650. The first-order valence-electron chi connectivity index (χ1n) is 7.91. The fraction of sp³-hybridized carbons (Fsp3) is 1.00. The van der Waals surface area contributed by atoms with E-state index in [4.69, 9.17) is 0 Å². The van der Waals surface area contributed by atoms with Gasteiger partial charge in [-0.2, -0.15) is 0 Å². The first kappa shape index (κ1) is 19.3. The molecule has 0 saturated heterocycles. The maximum absolute atomic E-state index is 13.5. The minimum Gasteiger partial charge on any atom is -0.247 e. The minimum absolute atomic E-state index is 0.109. The molecule has 1 fully saturated rings. The summed E-state index contributed by atoms with van der Waals surface area (Å²) in [4.78, 5) is 0. The third-order valence-electron chi connectivity index (χ3n) is 4.22. The van der Waals surface area contributed by atoms with Crippen molar-refractivity contribution in [2.45, 2.75) is 91.1 Å². The number of hydrogen-bond donors (Lipinski definition) is 0. The van der Waals surface area contributed by atoms with Crippen molar-refractivity contribution in [3.8, 4) is 0 Å². The molecule has 0 nitrogen and oxygen atoms in total. The van der Waals surface area contributed by atoms with Gasteiger partial charge in [0.25, 0.3) is 0 Å². The molecule has 0 bridgehead atoms. The first-order chi connectivity index (χ1) is 8.87. The van der Waals surface area contributed by atoms with E-state index >= 15 is 0 Å². The molecule has 0 radical (unpaired) electrons. The van der Waals surface area contributed by atoms with Gasteiger partial charge in [-0.15, -0.1) is 9.24 Å². The zero-order valence-electron chi connectivity index (χ0n) is 13.4. The Morgan fingerprint density at radius 2 is 1.68 bits per heavy atom. The summed E-state index contributed by atoms with van der Waals surface area (Å²) in [6.07, 6.45) is 2.72. The van der Waals surface area contributed by atoms with Crippen LogP contribution in [0.5, 0.6) is 0 Å². The lowest BCUT2D eigenvalue weighted by Crippen LogP contribution is -2.39. The predicted octanol–water partition coefficient (Wildman–Crippen LogP) is 5.95. The van der Waals surface area contributed by atoms with E-state index < -0.39 is 12.3 Å². The van der Waals surface area contributed by atoms with E-state index in [1.165, 1.54) is 12.8 Å². The van der Waals surface area contributed by atoms with Crippen LogP contribution >= 0.6 is 9.24 Å². The summed E-state index contributed by atoms with van der Waals surface area (Å²) < 4.78 is 27.1. The van der Waals surface area contributed by atoms with Crippen LogP contribution in [-0.2, 0) is 0 Å². The van der Waals surface area contributed by atoms with Crippen LogP contribution < -0.4 is 0 Å². The number of rotatable bonds is 5. The van der Waals surface area contributed by atoms with E-state index in [1.807, 2.05) is 13.8 Å². The lowest BCUT2D eigenvalue weighted by Gasteiger charge is -2.42. The van der Waals surface area contributed by atoms with Gasteiger partial charge in [0.1, 0.15) is 12.3 Å². The molecule has 1 saturated carbocycles. The molecule has 1 aliphatic carbocycles. The Morgan fingerprint density at radius 1 is 1.21 bits per heavy atom. The molecule has 1 rings (SSSR count). The van der Waals surface area contributed by atoms with Crippen LogP contribution in [0.15, 0.2) is 0 Å². The highest BCUT2D eigenvalue weighted by atomic mass is 31.0. The van der Waals surface area contributed by atoms with Gasteiger partial charge in [-0.1, -0.05) is 47.5 Å². The molecule has 0 aromatic heterocycles. The molecule has 116 valence electrons. The quantitative estimate of drug-likeness (QED) is 0.550. The number of hydrogen-bond acceptors (Lipinski definition) is 0. The molecule has 0 spiro atoms. The van der Waals surface area contributed by atoms with Crippen molar-refractivity contribution in [2.24, 2.45) is 11.3 Å². The summed E-state index contributed by atoms with van der Waals surface area (Å²) >= 11 is 0. The van der Waals surface area contributed by atoms with Gasteiger partial charge in [0, 0.05) is 6.42 Å². The molecular formula is C16H33F2P. The summed E-state index contributed by atoms with van der Waals surface area (Å²) in [6.45, 7) is 10.5. The Kier molecular flexibility index (Phi) is 9.41. The maximum Gasteiger partial charge on any atom is 0.103 e. The summed E-state index contributed by atoms with van der Waals surface area (Å²) in [5, 5.41) is 0. The molecule has 5 atom stereocenters. The molecule has 0 amide bonds. The van der Waals surface area contributed by atoms with Crippen LogP contribution in [-0.4, -0.2) is 18.0 Å². The third kappa shape index (κ3) is 6.52. The van der Waals surface area contributed by atoms with Gasteiger partial charge in [0.2, 0.25) is 0 Å². The van der Waals surface area contributed by atoms with Gasteiger partial charge in [-0.25, -0.2) is 8.78 Å². The van der Waals surface area contributed by atoms with Crippen molar-refractivity contribution in [3.05, 3.63) is 0 Å². The van der Waals surface area contributed by atoms with Crippen LogP contribution in [0.1, 0.15) is 73.1 Å². The first-order valence-corrected chi connectivity index (χ1v) is 8.57. The van der Waals surface area contributed by atoms with Crippen molar-refractivity contribution in [3.63, 3.8) is 0 Å². The highest BCUT2D eigenvalue weighted by Crippen LogP contribution is 2.46. The van der Waals surface area contributed by atoms with E-state index in [0.717, 1.165) is 6.42 Å². The van der Waals surface area contributed by atoms with Crippen molar-refractivity contribution >= 4 is 9.24 Å². The molecule has 0 heterocycles. The van der Waals surface area contributed by atoms with Gasteiger partial charge < -0.3 is 0 Å². The van der Waals surface area contributed by atoms with Gasteiger partial charge in [-0.3, -0.25) is 0 Å². The van der Waals surface area contributed by atoms with Crippen LogP contribution in [0, 0.1) is 11.3 Å². The maximum atomic E-state index is 13.5. The van der Waals surface area contributed by atoms with Crippen LogP contribution in [0.3, 0.4) is 0 Å². The topological polar surface area (TPSA) is 0 Å². The van der Waals surface area contributed by atoms with E-state index in [2.05, 4.69) is 30.0 Å². The number of alkyl halides is 2. The minimum atomic E-state index is -0.951. The van der Waals surface area contributed by atoms with Crippen LogP contribution in [0.2, 0.25) is 0 Å². The van der Waals surface area contributed by atoms with E-state index in [9.17, 15) is 8.78 Å². The lowest BCUT2D eigenvalue weighted by atomic mass is 9.70. The molecule has 19 heavy (non-hydrogen) atoms. The standard InChI is InChI=1S/C14H27F2P.C2H6/c1-4-5-10(2)6-13(17)14(3)8-11(15)7-12(16)9-14;1-2/h10-13H,4-9,17H2,1-3H3;1-2H3. The van der Waals surface area contributed by atoms with Gasteiger partial charge >= 0.3 is 0 Å². The SMILES string of the molecule is CC.CCCC(C)CC(P)C1(C)CC(F)CC(F)C1. The van der Waals surface area contributed by atoms with Crippen LogP contribution in [0.4, 0.5) is 8.78 Å². The molecule has 3 heteroatoms. The van der Waals surface area contributed by atoms with Crippen molar-refractivity contribution < 1.29 is 8.78 Å². The van der Waals surface area contributed by atoms with Gasteiger partial charge in [0.05, 0.1) is 0 Å². The smallest absolute Gasteiger partial charge is 0.103 e. The molecule has 0 N–H and O–H groups in total. The molecule has 0 aliphatic heterocycles.